The van der Waals surface area contributed by atoms with Crippen LogP contribution in [0, 0.1) is 13.8 Å². The number of amides is 2. The van der Waals surface area contributed by atoms with Gasteiger partial charge in [0.25, 0.3) is 0 Å². The van der Waals surface area contributed by atoms with Crippen LogP contribution in [-0.2, 0) is 32.2 Å². The maximum atomic E-state index is 12.8. The number of para-hydroxylation sites is 2. The van der Waals surface area contributed by atoms with Gasteiger partial charge >= 0.3 is 17.8 Å². The Kier molecular flexibility index (Phi) is 22.2. The number of carbonyl (C=O) groups is 4. The van der Waals surface area contributed by atoms with E-state index in [2.05, 4.69) is 19.9 Å². The van der Waals surface area contributed by atoms with Gasteiger partial charge in [-0.3, -0.25) is 9.59 Å². The minimum atomic E-state index is -0.486. The van der Waals surface area contributed by atoms with Gasteiger partial charge in [-0.25, -0.2) is 29.5 Å². The van der Waals surface area contributed by atoms with Crippen molar-refractivity contribution in [3.8, 4) is 22.8 Å². The molecule has 0 aliphatic carbocycles. The largest absolute Gasteiger partial charge is 1.00 e. The summed E-state index contributed by atoms with van der Waals surface area (Å²) in [5.74, 6) is 1.22. The fourth-order valence-electron chi connectivity index (χ4n) is 7.32. The number of ether oxygens (including phenoxy) is 2. The molecule has 0 fully saturated rings. The number of nitrogens with two attached hydrogens (primary N) is 2. The predicted octanol–water partition coefficient (Wildman–Crippen LogP) is 6.22. The number of rotatable bonds is 22. The Morgan fingerprint density at radius 1 is 0.603 bits per heavy atom. The van der Waals surface area contributed by atoms with E-state index < -0.39 is 11.9 Å². The van der Waals surface area contributed by atoms with Crippen LogP contribution in [0.15, 0.2) is 185 Å². The summed E-state index contributed by atoms with van der Waals surface area (Å²) in [4.78, 5) is 75.4. The Morgan fingerprint density at radius 3 is 1.41 bits per heavy atom. The monoisotopic (exact) mass is 1100 g/mol. The lowest BCUT2D eigenvalue weighted by molar-refractivity contribution is -0.734. The molecule has 0 spiro atoms. The average Bonchev–Trinajstić information content (AvgIpc) is 3.94. The van der Waals surface area contributed by atoms with E-state index in [-0.39, 0.29) is 63.2 Å². The van der Waals surface area contributed by atoms with E-state index >= 15 is 0 Å². The molecule has 8 rings (SSSR count). The third-order valence-corrected chi connectivity index (χ3v) is 14.5. The normalized spacial score (nSPS) is 11.3. The van der Waals surface area contributed by atoms with Gasteiger partial charge in [0, 0.05) is 62.4 Å². The molecule has 0 saturated heterocycles. The molecule has 5 aromatic carbocycles. The number of benzene rings is 5. The third-order valence-electron chi connectivity index (χ3n) is 11.6. The molecule has 0 unspecified atom stereocenters. The maximum Gasteiger partial charge on any atom is 0.340 e. The first kappa shape index (κ1) is 58.5. The number of aromatic nitrogens is 8. The zero-order valence-electron chi connectivity index (χ0n) is 43.3. The number of hydrogen-bond acceptors (Lipinski definition) is 16. The van der Waals surface area contributed by atoms with Crippen LogP contribution in [0.3, 0.4) is 0 Å². The minimum Gasteiger partial charge on any atom is -1.00 e. The van der Waals surface area contributed by atoms with Crippen molar-refractivity contribution in [3.05, 3.63) is 219 Å². The van der Waals surface area contributed by atoms with Crippen molar-refractivity contribution in [3.63, 3.8) is 0 Å². The maximum absolute atomic E-state index is 12.8. The summed E-state index contributed by atoms with van der Waals surface area (Å²) in [5, 5.41) is 9.39. The summed E-state index contributed by atoms with van der Waals surface area (Å²) < 4.78 is 11.2. The van der Waals surface area contributed by atoms with Gasteiger partial charge in [0.15, 0.2) is 5.69 Å². The van der Waals surface area contributed by atoms with Crippen molar-refractivity contribution < 1.29 is 45.9 Å². The van der Waals surface area contributed by atoms with Gasteiger partial charge in [0.05, 0.1) is 48.1 Å². The number of nitrogens with zero attached hydrogens (tertiary/aromatic N) is 10. The molecule has 0 bridgehead atoms. The van der Waals surface area contributed by atoms with E-state index in [1.54, 1.807) is 101 Å². The molecule has 0 aliphatic rings. The molecule has 3 aromatic heterocycles. The summed E-state index contributed by atoms with van der Waals surface area (Å²) in [6.07, 6.45) is 5.01. The highest BCUT2D eigenvalue weighted by Gasteiger charge is 2.24. The van der Waals surface area contributed by atoms with Crippen molar-refractivity contribution in [2.24, 2.45) is 0 Å². The molecule has 0 aliphatic heterocycles. The highest BCUT2D eigenvalue weighted by Crippen LogP contribution is 2.43. The second-order valence-electron chi connectivity index (χ2n) is 16.9. The molecule has 3 heterocycles. The van der Waals surface area contributed by atoms with E-state index in [0.29, 0.717) is 73.8 Å². The molecule has 0 atom stereocenters. The first-order chi connectivity index (χ1) is 37.4. The minimum absolute atomic E-state index is 0. The molecule has 400 valence electrons. The van der Waals surface area contributed by atoms with Crippen LogP contribution in [0.5, 0.6) is 0 Å². The Hall–Kier alpha value is -8.72. The Morgan fingerprint density at radius 2 is 1.00 bits per heavy atom. The molecule has 4 N–H and O–H groups in total. The van der Waals surface area contributed by atoms with Crippen molar-refractivity contribution in [2.45, 2.75) is 53.6 Å². The summed E-state index contributed by atoms with van der Waals surface area (Å²) in [7, 11) is 2.64. The average molecular weight is 1110 g/mol. The number of esters is 2. The van der Waals surface area contributed by atoms with Crippen LogP contribution in [0.2, 0.25) is 0 Å². The van der Waals surface area contributed by atoms with Crippen LogP contribution in [0.25, 0.3) is 22.8 Å². The number of nitrogen functional groups attached to an aromatic ring is 2. The Bertz CT molecular complexity index is 3120. The SMILES string of the molecule is C/C(=C(\CCOC(=O)c1ccccc1)SS/C(CCOC(=O)c1ccccc1)=C(/C)N(C=O)Cc1cnc(C)nc1N)N(C=O)Cc1cnc(C)nc1N.[Cl-].c1ccc(-c2nn(-c3ccccc3)[n+](-c3ccccc3)n2)cc1. The smallest absolute Gasteiger partial charge is 0.340 e. The zero-order chi connectivity index (χ0) is 54.5. The predicted molar refractivity (Wildman–Crippen MR) is 297 cm³/mol. The van der Waals surface area contributed by atoms with Crippen molar-refractivity contribution >= 4 is 58.0 Å². The fourth-order valence-corrected chi connectivity index (χ4v) is 10.2. The fraction of sp³-hybridized carbons (Fsp3) is 0.175. The van der Waals surface area contributed by atoms with Gasteiger partial charge in [-0.1, -0.05) is 113 Å². The quantitative estimate of drug-likeness (QED) is 0.0332. The molecule has 0 radical (unpaired) electrons. The number of aryl methyl sites for hydroxylation is 2. The van der Waals surface area contributed by atoms with Gasteiger partial charge in [0.2, 0.25) is 12.8 Å². The van der Waals surface area contributed by atoms with E-state index in [1.807, 2.05) is 101 Å². The van der Waals surface area contributed by atoms with Crippen molar-refractivity contribution in [1.29, 1.82) is 0 Å². The first-order valence-corrected chi connectivity index (χ1v) is 26.4. The number of tetrazole rings is 1. The zero-order valence-corrected chi connectivity index (χ0v) is 45.6. The molecule has 78 heavy (non-hydrogen) atoms. The third kappa shape index (κ3) is 16.4. The summed E-state index contributed by atoms with van der Waals surface area (Å²) in [6.45, 7) is 7.19. The van der Waals surface area contributed by atoms with E-state index in [4.69, 9.17) is 31.1 Å². The van der Waals surface area contributed by atoms with Crippen LogP contribution in [0.1, 0.15) is 70.2 Å². The lowest BCUT2D eigenvalue weighted by Crippen LogP contribution is -3.00. The van der Waals surface area contributed by atoms with Crippen LogP contribution in [-0.4, -0.2) is 82.7 Å². The van der Waals surface area contributed by atoms with Gasteiger partial charge in [-0.15, -0.1) is 0 Å². The highest BCUT2D eigenvalue weighted by atomic mass is 35.5. The number of carbonyl (C=O) groups excluding carboxylic acids is 4. The molecular weight excluding hydrogens is 1050 g/mol. The van der Waals surface area contributed by atoms with Gasteiger partial charge in [-0.2, -0.15) is 0 Å². The van der Waals surface area contributed by atoms with Crippen molar-refractivity contribution in [1.82, 2.24) is 44.7 Å². The van der Waals surface area contributed by atoms with E-state index in [1.165, 1.54) is 31.4 Å². The summed E-state index contributed by atoms with van der Waals surface area (Å²) in [6, 6.07) is 47.3. The summed E-state index contributed by atoms with van der Waals surface area (Å²) in [5.41, 5.74) is 18.3. The van der Waals surface area contributed by atoms with Crippen molar-refractivity contribution in [2.75, 3.05) is 24.7 Å². The number of allylic oxidation sites excluding steroid dienone is 2. The molecule has 8 aromatic rings. The van der Waals surface area contributed by atoms with Crippen LogP contribution >= 0.6 is 21.6 Å². The lowest BCUT2D eigenvalue weighted by atomic mass is 10.2. The highest BCUT2D eigenvalue weighted by molar-refractivity contribution is 8.79. The van der Waals surface area contributed by atoms with Gasteiger partial charge in [0.1, 0.15) is 29.0 Å². The Balaban J connectivity index is 0.000000338. The van der Waals surface area contributed by atoms with E-state index in [0.717, 1.165) is 16.9 Å². The molecule has 18 nitrogen and oxygen atoms in total. The number of anilines is 2. The molecular formula is C57H57ClN12O6S2. The topological polar surface area (TPSA) is 231 Å². The second kappa shape index (κ2) is 29.5. The standard InChI is InChI=1S/C38H42N8O6S2.C19H15N4.ClH/c1-25(45(23-47)21-31-19-41-27(3)43-35(31)39)33(15-17-51-37(49)29-11-7-5-8-12-29)53-54-34(16-18-52-38(50)30-13-9-6-10-14-30)26(2)46(24-48)22-32-20-42-28(4)44-36(32)40;1-4-10-16(11-5-1)19-20-22(17-12-6-2-7-13-17)23(21-19)18-14-8-3-9-15-18;/h5-14,19-20,23-24H,15-18,21-22H2,1-4H3,(H2,39,41,43)(H2,40,42,44);1-15H;1H/q;+1;/p-1/b33-25-,34-26-;;. The molecule has 21 heteroatoms. The number of halogens is 1. The van der Waals surface area contributed by atoms with Crippen LogP contribution in [0.4, 0.5) is 11.6 Å². The van der Waals surface area contributed by atoms with Gasteiger partial charge in [-0.05, 0) is 98.3 Å². The second-order valence-corrected chi connectivity index (χ2v) is 19.3. The summed E-state index contributed by atoms with van der Waals surface area (Å²) >= 11 is 0. The van der Waals surface area contributed by atoms with Crippen LogP contribution < -0.4 is 28.7 Å². The lowest BCUT2D eigenvalue weighted by Gasteiger charge is -2.24. The van der Waals surface area contributed by atoms with E-state index in [9.17, 15) is 19.2 Å². The number of hydrogen-bond donors (Lipinski definition) is 2. The molecule has 0 saturated carbocycles. The molecule has 2 amide bonds. The Labute approximate surface area is 466 Å². The first-order valence-electron chi connectivity index (χ1n) is 24.3. The van der Waals surface area contributed by atoms with Gasteiger partial charge < -0.3 is 43.1 Å².